The van der Waals surface area contributed by atoms with Crippen molar-refractivity contribution in [1.29, 1.82) is 0 Å². The Morgan fingerprint density at radius 2 is 1.42 bits per heavy atom. The molecule has 0 atom stereocenters. The van der Waals surface area contributed by atoms with Gasteiger partial charge in [0.1, 0.15) is 5.78 Å². The second kappa shape index (κ2) is 8.24. The molecule has 0 bridgehead atoms. The van der Waals surface area contributed by atoms with Gasteiger partial charge >= 0.3 is 0 Å². The quantitative estimate of drug-likeness (QED) is 0.712. The molecule has 3 heteroatoms. The summed E-state index contributed by atoms with van der Waals surface area (Å²) in [4.78, 5) is 19.6. The lowest BCUT2D eigenvalue weighted by molar-refractivity contribution is -0.134. The van der Waals surface area contributed by atoms with Crippen LogP contribution in [0.1, 0.15) is 40.5 Å². The second-order valence-electron chi connectivity index (χ2n) is 2.64. The van der Waals surface area contributed by atoms with E-state index in [4.69, 9.17) is 9.90 Å². The summed E-state index contributed by atoms with van der Waals surface area (Å²) in [6.45, 7) is 6.85. The van der Waals surface area contributed by atoms with Gasteiger partial charge in [-0.1, -0.05) is 13.8 Å². The largest absolute Gasteiger partial charge is 0.481 e. The summed E-state index contributed by atoms with van der Waals surface area (Å²) in [5.74, 6) is -0.190. The Bertz CT molecular complexity index is 133. The van der Waals surface area contributed by atoms with E-state index >= 15 is 0 Å². The molecule has 0 radical (unpaired) electrons. The number of hydrogen-bond acceptors (Lipinski definition) is 2. The number of carbonyl (C=O) groups is 2. The van der Waals surface area contributed by atoms with Crippen molar-refractivity contribution in [2.75, 3.05) is 0 Å². The summed E-state index contributed by atoms with van der Waals surface area (Å²) in [7, 11) is 0. The van der Waals surface area contributed by atoms with Crippen LogP contribution in [0.5, 0.6) is 0 Å². The molecule has 0 saturated heterocycles. The molecule has 0 aliphatic rings. The van der Waals surface area contributed by atoms with Crippen molar-refractivity contribution in [2.45, 2.75) is 40.5 Å². The lowest BCUT2D eigenvalue weighted by Gasteiger charge is -2.04. The van der Waals surface area contributed by atoms with Crippen molar-refractivity contribution in [1.82, 2.24) is 0 Å². The minimum Gasteiger partial charge on any atom is -0.481 e. The van der Waals surface area contributed by atoms with Crippen LogP contribution in [0.25, 0.3) is 0 Å². The third-order valence-corrected chi connectivity index (χ3v) is 1.56. The third-order valence-electron chi connectivity index (χ3n) is 1.56. The van der Waals surface area contributed by atoms with Crippen LogP contribution in [-0.4, -0.2) is 16.9 Å². The monoisotopic (exact) mass is 174 g/mol. The lowest BCUT2D eigenvalue weighted by atomic mass is 10.00. The normalized spacial score (nSPS) is 8.75. The number of carboxylic acid groups (broad SMARTS) is 1. The van der Waals surface area contributed by atoms with Crippen molar-refractivity contribution in [3.63, 3.8) is 0 Å². The van der Waals surface area contributed by atoms with E-state index in [9.17, 15) is 4.79 Å². The summed E-state index contributed by atoms with van der Waals surface area (Å²) in [5, 5.41) is 7.42. The highest BCUT2D eigenvalue weighted by Crippen LogP contribution is 2.06. The molecule has 0 heterocycles. The van der Waals surface area contributed by atoms with Gasteiger partial charge in [-0.15, -0.1) is 0 Å². The smallest absolute Gasteiger partial charge is 0.300 e. The molecule has 0 saturated carbocycles. The summed E-state index contributed by atoms with van der Waals surface area (Å²) < 4.78 is 0. The zero-order valence-electron chi connectivity index (χ0n) is 8.26. The van der Waals surface area contributed by atoms with Crippen molar-refractivity contribution in [3.8, 4) is 0 Å². The van der Waals surface area contributed by atoms with E-state index in [1.807, 2.05) is 0 Å². The first-order valence-corrected chi connectivity index (χ1v) is 4.15. The number of carboxylic acids is 1. The first-order valence-electron chi connectivity index (χ1n) is 4.15. The maximum absolute atomic E-state index is 10.6. The molecule has 3 nitrogen and oxygen atoms in total. The Kier molecular flexibility index (Phi) is 9.41. The highest BCUT2D eigenvalue weighted by Gasteiger charge is 2.06. The van der Waals surface area contributed by atoms with Crippen LogP contribution in [0.4, 0.5) is 0 Å². The minimum atomic E-state index is -0.833. The molecule has 0 spiro atoms. The van der Waals surface area contributed by atoms with Gasteiger partial charge in [-0.3, -0.25) is 9.59 Å². The molecule has 0 rings (SSSR count). The number of hydrogen-bond donors (Lipinski definition) is 1. The Labute approximate surface area is 73.8 Å². The Balaban J connectivity index is 0. The standard InChI is InChI=1S/C7H14O.C2H4O2/c1-4-7(5-2)6(3)8;1-2(3)4/h7H,4-5H2,1-3H3;1H3,(H,3,4). The Morgan fingerprint density at radius 3 is 1.42 bits per heavy atom. The predicted octanol–water partition coefficient (Wildman–Crippen LogP) is 2.10. The van der Waals surface area contributed by atoms with Gasteiger partial charge < -0.3 is 5.11 Å². The van der Waals surface area contributed by atoms with Gasteiger partial charge in [-0.2, -0.15) is 0 Å². The van der Waals surface area contributed by atoms with Crippen LogP contribution in [0.2, 0.25) is 0 Å². The van der Waals surface area contributed by atoms with E-state index in [0.717, 1.165) is 19.8 Å². The van der Waals surface area contributed by atoms with E-state index in [2.05, 4.69) is 13.8 Å². The third kappa shape index (κ3) is 11.9. The summed E-state index contributed by atoms with van der Waals surface area (Å²) >= 11 is 0. The van der Waals surface area contributed by atoms with Crippen molar-refractivity contribution >= 4 is 11.8 Å². The van der Waals surface area contributed by atoms with Crippen molar-refractivity contribution in [3.05, 3.63) is 0 Å². The number of Topliss-reactive ketones (excluding diaryl/α,β-unsaturated/α-hetero) is 1. The van der Waals surface area contributed by atoms with Crippen LogP contribution in [0.15, 0.2) is 0 Å². The number of rotatable bonds is 3. The second-order valence-corrected chi connectivity index (χ2v) is 2.64. The fraction of sp³-hybridized carbons (Fsp3) is 0.778. The first-order chi connectivity index (χ1) is 5.45. The van der Waals surface area contributed by atoms with Crippen molar-refractivity contribution in [2.24, 2.45) is 5.92 Å². The molecule has 0 fully saturated rings. The molecule has 0 amide bonds. The average molecular weight is 174 g/mol. The highest BCUT2D eigenvalue weighted by atomic mass is 16.4. The van der Waals surface area contributed by atoms with Crippen LogP contribution < -0.4 is 0 Å². The van der Waals surface area contributed by atoms with Crippen LogP contribution in [0.3, 0.4) is 0 Å². The van der Waals surface area contributed by atoms with Gasteiger partial charge in [0.2, 0.25) is 0 Å². The van der Waals surface area contributed by atoms with Gasteiger partial charge in [0.25, 0.3) is 5.97 Å². The molecular weight excluding hydrogens is 156 g/mol. The van der Waals surface area contributed by atoms with E-state index in [1.165, 1.54) is 0 Å². The maximum Gasteiger partial charge on any atom is 0.300 e. The molecule has 0 aromatic rings. The molecule has 0 aromatic heterocycles. The van der Waals surface area contributed by atoms with Gasteiger partial charge in [0.05, 0.1) is 0 Å². The Hall–Kier alpha value is -0.860. The van der Waals surface area contributed by atoms with E-state index in [1.54, 1.807) is 6.92 Å². The lowest BCUT2D eigenvalue weighted by Crippen LogP contribution is -2.07. The average Bonchev–Trinajstić information content (AvgIpc) is 1.87. The predicted molar refractivity (Wildman–Crippen MR) is 48.1 cm³/mol. The number of aliphatic carboxylic acids is 1. The van der Waals surface area contributed by atoms with Gasteiger partial charge in [-0.25, -0.2) is 0 Å². The zero-order chi connectivity index (χ0) is 10.1. The van der Waals surface area contributed by atoms with Crippen LogP contribution in [-0.2, 0) is 9.59 Å². The van der Waals surface area contributed by atoms with Crippen LogP contribution in [0, 0.1) is 5.92 Å². The molecule has 1 N–H and O–H groups in total. The van der Waals surface area contributed by atoms with Gasteiger partial charge in [0, 0.05) is 12.8 Å². The van der Waals surface area contributed by atoms with E-state index < -0.39 is 5.97 Å². The molecule has 0 aliphatic carbocycles. The van der Waals surface area contributed by atoms with E-state index in [0.29, 0.717) is 11.7 Å². The molecular formula is C9H18O3. The SMILES string of the molecule is CC(=O)O.CCC(CC)C(C)=O. The molecule has 12 heavy (non-hydrogen) atoms. The topological polar surface area (TPSA) is 54.4 Å². The van der Waals surface area contributed by atoms with Crippen molar-refractivity contribution < 1.29 is 14.7 Å². The molecule has 0 aromatic carbocycles. The fourth-order valence-corrected chi connectivity index (χ4v) is 0.864. The number of ketones is 1. The molecule has 0 aliphatic heterocycles. The Morgan fingerprint density at radius 1 is 1.17 bits per heavy atom. The first kappa shape index (κ1) is 13.7. The molecule has 72 valence electrons. The minimum absolute atomic E-state index is 0.315. The van der Waals surface area contributed by atoms with Gasteiger partial charge in [-0.05, 0) is 19.8 Å². The van der Waals surface area contributed by atoms with Gasteiger partial charge in [0.15, 0.2) is 0 Å². The summed E-state index contributed by atoms with van der Waals surface area (Å²) in [6.07, 6.45) is 1.98. The number of carbonyl (C=O) groups excluding carboxylic acids is 1. The fourth-order valence-electron chi connectivity index (χ4n) is 0.864. The van der Waals surface area contributed by atoms with E-state index in [-0.39, 0.29) is 0 Å². The van der Waals surface area contributed by atoms with Crippen LogP contribution >= 0.6 is 0 Å². The maximum atomic E-state index is 10.6. The summed E-state index contributed by atoms with van der Waals surface area (Å²) in [5.41, 5.74) is 0. The zero-order valence-corrected chi connectivity index (χ0v) is 8.26. The summed E-state index contributed by atoms with van der Waals surface area (Å²) in [6, 6.07) is 0. The highest BCUT2D eigenvalue weighted by molar-refractivity contribution is 5.78. The molecule has 0 unspecified atom stereocenters.